The maximum absolute atomic E-state index is 6.38. The molecule has 0 saturated carbocycles. The molecule has 3 nitrogen and oxygen atoms in total. The molecule has 0 atom stereocenters. The zero-order valence-corrected chi connectivity index (χ0v) is 24.3. The summed E-state index contributed by atoms with van der Waals surface area (Å²) in [5.74, 6) is 0. The first-order chi connectivity index (χ1) is 22.3. The molecule has 0 saturated heterocycles. The van der Waals surface area contributed by atoms with E-state index >= 15 is 0 Å². The number of fused-ring (bicyclic) bond motifs is 8. The molecule has 0 spiro atoms. The summed E-state index contributed by atoms with van der Waals surface area (Å²) in [4.78, 5) is 2.39. The third-order valence-corrected chi connectivity index (χ3v) is 9.30. The molecule has 1 aliphatic heterocycles. The standard InChI is InChI=1S/C42H26N2O/c1-2-13-30(14-3-1)43-37-19-5-6-20-38(37)44-36-24-23-28(26-35(36)33-17-10-21-39(43)41(33)44)27-11-8-12-29(25-27)31-16-9-18-34-32-15-4-7-22-40(32)45-42(31)34/h1-26H. The van der Waals surface area contributed by atoms with E-state index in [1.54, 1.807) is 0 Å². The lowest BCUT2D eigenvalue weighted by Gasteiger charge is -2.33. The molecule has 3 heterocycles. The number of aromatic nitrogens is 1. The first kappa shape index (κ1) is 24.4. The second-order valence-corrected chi connectivity index (χ2v) is 11.8. The summed E-state index contributed by atoms with van der Waals surface area (Å²) in [6, 6.07) is 56.5. The molecule has 0 unspecified atom stereocenters. The second kappa shape index (κ2) is 9.22. The van der Waals surface area contributed by atoms with E-state index in [0.717, 1.165) is 38.8 Å². The predicted molar refractivity (Wildman–Crippen MR) is 187 cm³/mol. The Kier molecular flexibility index (Phi) is 5.00. The van der Waals surface area contributed by atoms with Crippen LogP contribution in [0, 0.1) is 0 Å². The molecule has 2 aromatic heterocycles. The Hall–Kier alpha value is -6.06. The van der Waals surface area contributed by atoms with Crippen molar-refractivity contribution in [3.8, 4) is 27.9 Å². The fourth-order valence-corrected chi connectivity index (χ4v) is 7.33. The van der Waals surface area contributed by atoms with Gasteiger partial charge in [0.05, 0.1) is 28.1 Å². The average molecular weight is 575 g/mol. The summed E-state index contributed by atoms with van der Waals surface area (Å²) in [7, 11) is 0. The minimum atomic E-state index is 0.919. The highest BCUT2D eigenvalue weighted by atomic mass is 16.3. The van der Waals surface area contributed by atoms with Crippen molar-refractivity contribution in [1.82, 2.24) is 4.57 Å². The van der Waals surface area contributed by atoms with E-state index in [1.807, 2.05) is 12.1 Å². The van der Waals surface area contributed by atoms with Gasteiger partial charge in [-0.1, -0.05) is 103 Å². The fraction of sp³-hybridized carbons (Fsp3) is 0. The molecule has 0 N–H and O–H groups in total. The van der Waals surface area contributed by atoms with E-state index < -0.39 is 0 Å². The summed E-state index contributed by atoms with van der Waals surface area (Å²) in [5.41, 5.74) is 13.6. The van der Waals surface area contributed by atoms with Crippen LogP contribution in [0.2, 0.25) is 0 Å². The average Bonchev–Trinajstić information content (AvgIpc) is 3.66. The summed E-state index contributed by atoms with van der Waals surface area (Å²) < 4.78 is 8.83. The molecule has 3 heteroatoms. The third-order valence-electron chi connectivity index (χ3n) is 9.30. The summed E-state index contributed by atoms with van der Waals surface area (Å²) in [6.45, 7) is 0. The van der Waals surface area contributed by atoms with Gasteiger partial charge in [-0.15, -0.1) is 0 Å². The van der Waals surface area contributed by atoms with Crippen molar-refractivity contribution in [2.45, 2.75) is 0 Å². The van der Waals surface area contributed by atoms with Gasteiger partial charge in [0, 0.05) is 32.8 Å². The van der Waals surface area contributed by atoms with Crippen molar-refractivity contribution in [1.29, 1.82) is 0 Å². The molecule has 9 aromatic rings. The fourth-order valence-electron chi connectivity index (χ4n) is 7.33. The maximum atomic E-state index is 6.38. The topological polar surface area (TPSA) is 21.3 Å². The largest absolute Gasteiger partial charge is 0.455 e. The van der Waals surface area contributed by atoms with Crippen molar-refractivity contribution in [3.63, 3.8) is 0 Å². The zero-order chi connectivity index (χ0) is 29.5. The molecular weight excluding hydrogens is 548 g/mol. The molecule has 0 radical (unpaired) electrons. The highest BCUT2D eigenvalue weighted by Crippen LogP contribution is 2.49. The SMILES string of the molecule is c1ccc(N2c3ccccc3-n3c4ccc(-c5cccc(-c6cccc7c6oc6ccccc67)c5)cc4c4cccc2c43)cc1. The Morgan fingerprint density at radius 3 is 2.04 bits per heavy atom. The van der Waals surface area contributed by atoms with Gasteiger partial charge < -0.3 is 13.9 Å². The van der Waals surface area contributed by atoms with Crippen molar-refractivity contribution < 1.29 is 4.42 Å². The van der Waals surface area contributed by atoms with E-state index in [2.05, 4.69) is 155 Å². The maximum Gasteiger partial charge on any atom is 0.143 e. The number of anilines is 3. The minimum absolute atomic E-state index is 0.919. The minimum Gasteiger partial charge on any atom is -0.455 e. The lowest BCUT2D eigenvalue weighted by Crippen LogP contribution is -2.17. The Balaban J connectivity index is 1.17. The number of para-hydroxylation sites is 6. The molecule has 0 fully saturated rings. The molecular formula is C42H26N2O. The first-order valence-corrected chi connectivity index (χ1v) is 15.4. The molecule has 0 amide bonds. The molecule has 10 rings (SSSR count). The number of nitrogens with zero attached hydrogens (tertiary/aromatic N) is 2. The molecule has 210 valence electrons. The predicted octanol–water partition coefficient (Wildman–Crippen LogP) is 11.8. The summed E-state index contributed by atoms with van der Waals surface area (Å²) >= 11 is 0. The number of furan rings is 1. The van der Waals surface area contributed by atoms with E-state index in [1.165, 1.54) is 50.0 Å². The van der Waals surface area contributed by atoms with Gasteiger partial charge in [-0.2, -0.15) is 0 Å². The number of rotatable bonds is 3. The van der Waals surface area contributed by atoms with Crippen LogP contribution in [0.3, 0.4) is 0 Å². The number of hydrogen-bond acceptors (Lipinski definition) is 2. The monoisotopic (exact) mass is 574 g/mol. The van der Waals surface area contributed by atoms with Gasteiger partial charge in [-0.05, 0) is 71.3 Å². The van der Waals surface area contributed by atoms with Gasteiger partial charge in [0.25, 0.3) is 0 Å². The van der Waals surface area contributed by atoms with Crippen LogP contribution in [-0.4, -0.2) is 4.57 Å². The Labute approximate surface area is 259 Å². The Morgan fingerprint density at radius 2 is 1.11 bits per heavy atom. The molecule has 45 heavy (non-hydrogen) atoms. The van der Waals surface area contributed by atoms with E-state index in [9.17, 15) is 0 Å². The lowest BCUT2D eigenvalue weighted by atomic mass is 9.97. The van der Waals surface area contributed by atoms with Crippen LogP contribution in [-0.2, 0) is 0 Å². The van der Waals surface area contributed by atoms with Gasteiger partial charge in [0.15, 0.2) is 0 Å². The van der Waals surface area contributed by atoms with Crippen LogP contribution in [0.1, 0.15) is 0 Å². The smallest absolute Gasteiger partial charge is 0.143 e. The van der Waals surface area contributed by atoms with E-state index in [4.69, 9.17) is 4.42 Å². The number of hydrogen-bond donors (Lipinski definition) is 0. The summed E-state index contributed by atoms with van der Waals surface area (Å²) in [5, 5.41) is 4.80. The lowest BCUT2D eigenvalue weighted by molar-refractivity contribution is 0.670. The normalized spacial score (nSPS) is 12.4. The van der Waals surface area contributed by atoms with Crippen molar-refractivity contribution >= 4 is 60.8 Å². The first-order valence-electron chi connectivity index (χ1n) is 15.4. The van der Waals surface area contributed by atoms with E-state index in [0.29, 0.717) is 0 Å². The third kappa shape index (κ3) is 3.46. The van der Waals surface area contributed by atoms with Crippen molar-refractivity contribution in [2.75, 3.05) is 4.90 Å². The number of benzene rings is 7. The molecule has 0 bridgehead atoms. The van der Waals surface area contributed by atoms with E-state index in [-0.39, 0.29) is 0 Å². The Morgan fingerprint density at radius 1 is 0.422 bits per heavy atom. The Bertz CT molecular complexity index is 2610. The zero-order valence-electron chi connectivity index (χ0n) is 24.3. The molecule has 7 aromatic carbocycles. The quantitative estimate of drug-likeness (QED) is 0.209. The van der Waals surface area contributed by atoms with Crippen molar-refractivity contribution in [3.05, 3.63) is 158 Å². The van der Waals surface area contributed by atoms with Gasteiger partial charge >= 0.3 is 0 Å². The highest BCUT2D eigenvalue weighted by molar-refractivity contribution is 6.17. The van der Waals surface area contributed by atoms with Gasteiger partial charge in [-0.3, -0.25) is 0 Å². The van der Waals surface area contributed by atoms with Gasteiger partial charge in [0.2, 0.25) is 0 Å². The van der Waals surface area contributed by atoms with Crippen LogP contribution < -0.4 is 4.90 Å². The molecule has 1 aliphatic rings. The van der Waals surface area contributed by atoms with Gasteiger partial charge in [0.1, 0.15) is 11.2 Å². The highest BCUT2D eigenvalue weighted by Gasteiger charge is 2.28. The van der Waals surface area contributed by atoms with Crippen LogP contribution >= 0.6 is 0 Å². The summed E-state index contributed by atoms with van der Waals surface area (Å²) in [6.07, 6.45) is 0. The van der Waals surface area contributed by atoms with Crippen LogP contribution in [0.4, 0.5) is 17.1 Å². The van der Waals surface area contributed by atoms with Crippen LogP contribution in [0.5, 0.6) is 0 Å². The second-order valence-electron chi connectivity index (χ2n) is 11.8. The molecule has 0 aliphatic carbocycles. The van der Waals surface area contributed by atoms with Gasteiger partial charge in [-0.25, -0.2) is 0 Å². The van der Waals surface area contributed by atoms with Crippen LogP contribution in [0.15, 0.2) is 162 Å². The van der Waals surface area contributed by atoms with Crippen molar-refractivity contribution in [2.24, 2.45) is 0 Å². The van der Waals surface area contributed by atoms with Crippen LogP contribution in [0.25, 0.3) is 71.7 Å².